The first-order valence-corrected chi connectivity index (χ1v) is 6.35. The number of aromatic nitrogens is 1. The van der Waals surface area contributed by atoms with Crippen molar-refractivity contribution < 1.29 is 9.47 Å². The molecule has 0 spiro atoms. The molecule has 0 saturated heterocycles. The number of aryl methyl sites for hydroxylation is 1. The molecule has 0 atom stereocenters. The van der Waals surface area contributed by atoms with Gasteiger partial charge in [-0.25, -0.2) is 0 Å². The van der Waals surface area contributed by atoms with Gasteiger partial charge in [0.15, 0.2) is 0 Å². The van der Waals surface area contributed by atoms with E-state index in [9.17, 15) is 0 Å². The van der Waals surface area contributed by atoms with Crippen molar-refractivity contribution in [2.24, 2.45) is 0 Å². The number of nitrogens with zero attached hydrogens (tertiary/aromatic N) is 1. The van der Waals surface area contributed by atoms with Crippen LogP contribution >= 0.6 is 0 Å². The van der Waals surface area contributed by atoms with Crippen LogP contribution in [0.3, 0.4) is 0 Å². The van der Waals surface area contributed by atoms with Crippen LogP contribution in [0, 0.1) is 0 Å². The molecule has 1 aromatic heterocycles. The second kappa shape index (κ2) is 6.36. The summed E-state index contributed by atoms with van der Waals surface area (Å²) in [5.41, 5.74) is 2.06. The van der Waals surface area contributed by atoms with E-state index in [-0.39, 0.29) is 0 Å². The summed E-state index contributed by atoms with van der Waals surface area (Å²) in [6.07, 6.45) is 1.81. The van der Waals surface area contributed by atoms with E-state index in [4.69, 9.17) is 9.47 Å². The minimum Gasteiger partial charge on any atom is -0.493 e. The Hall–Kier alpha value is -1.61. The summed E-state index contributed by atoms with van der Waals surface area (Å²) >= 11 is 0. The Bertz CT molecular complexity index is 511. The summed E-state index contributed by atoms with van der Waals surface area (Å²) in [4.78, 5) is 4.59. The van der Waals surface area contributed by atoms with Gasteiger partial charge in [0.2, 0.25) is 0 Å². The lowest BCUT2D eigenvalue weighted by molar-refractivity contribution is 0.172. The molecule has 0 fully saturated rings. The molecule has 0 aliphatic rings. The standard InChI is InChI=1S/C15H19NO2/c1-3-12-11-15(18-10-6-9-17-2)13-7-4-5-8-14(13)16-12/h4-5,7-8,11H,3,6,9-10H2,1-2H3. The van der Waals surface area contributed by atoms with Gasteiger partial charge < -0.3 is 9.47 Å². The Balaban J connectivity index is 2.23. The van der Waals surface area contributed by atoms with Gasteiger partial charge in [-0.1, -0.05) is 19.1 Å². The van der Waals surface area contributed by atoms with Crippen molar-refractivity contribution in [2.75, 3.05) is 20.3 Å². The average molecular weight is 245 g/mol. The minimum absolute atomic E-state index is 0.672. The van der Waals surface area contributed by atoms with E-state index in [1.807, 2.05) is 30.3 Å². The molecule has 0 aliphatic carbocycles. The van der Waals surface area contributed by atoms with Crippen molar-refractivity contribution in [1.82, 2.24) is 4.98 Å². The van der Waals surface area contributed by atoms with Crippen LogP contribution in [-0.2, 0) is 11.2 Å². The number of hydrogen-bond acceptors (Lipinski definition) is 3. The van der Waals surface area contributed by atoms with E-state index in [2.05, 4.69) is 11.9 Å². The first-order valence-electron chi connectivity index (χ1n) is 6.35. The van der Waals surface area contributed by atoms with Crippen molar-refractivity contribution in [3.63, 3.8) is 0 Å². The van der Waals surface area contributed by atoms with Crippen LogP contribution < -0.4 is 4.74 Å². The molecule has 0 unspecified atom stereocenters. The highest BCUT2D eigenvalue weighted by Crippen LogP contribution is 2.25. The van der Waals surface area contributed by atoms with Gasteiger partial charge in [-0.15, -0.1) is 0 Å². The van der Waals surface area contributed by atoms with Gasteiger partial charge in [0, 0.05) is 37.3 Å². The number of ether oxygens (including phenoxy) is 2. The molecule has 1 heterocycles. The Morgan fingerprint density at radius 2 is 2.00 bits per heavy atom. The molecule has 3 nitrogen and oxygen atoms in total. The Kier molecular flexibility index (Phi) is 4.53. The van der Waals surface area contributed by atoms with E-state index >= 15 is 0 Å². The number of rotatable bonds is 6. The molecule has 0 N–H and O–H groups in total. The summed E-state index contributed by atoms with van der Waals surface area (Å²) in [5, 5.41) is 1.08. The van der Waals surface area contributed by atoms with Crippen molar-refractivity contribution in [3.8, 4) is 5.75 Å². The highest BCUT2D eigenvalue weighted by Gasteiger charge is 2.05. The SMILES string of the molecule is CCc1cc(OCCCOC)c2ccccc2n1. The van der Waals surface area contributed by atoms with Crippen LogP contribution in [0.15, 0.2) is 30.3 Å². The van der Waals surface area contributed by atoms with E-state index < -0.39 is 0 Å². The maximum absolute atomic E-state index is 5.84. The summed E-state index contributed by atoms with van der Waals surface area (Å²) in [5.74, 6) is 0.925. The van der Waals surface area contributed by atoms with Gasteiger partial charge >= 0.3 is 0 Å². The van der Waals surface area contributed by atoms with E-state index in [0.717, 1.165) is 41.8 Å². The Morgan fingerprint density at radius 3 is 2.78 bits per heavy atom. The summed E-state index contributed by atoms with van der Waals surface area (Å²) in [6.45, 7) is 3.50. The fraction of sp³-hybridized carbons (Fsp3) is 0.400. The third-order valence-electron chi connectivity index (χ3n) is 2.84. The molecule has 0 amide bonds. The second-order valence-electron chi connectivity index (χ2n) is 4.18. The molecule has 0 aliphatic heterocycles. The third-order valence-corrected chi connectivity index (χ3v) is 2.84. The molecule has 2 rings (SSSR count). The summed E-state index contributed by atoms with van der Waals surface area (Å²) < 4.78 is 10.9. The topological polar surface area (TPSA) is 31.4 Å². The predicted octanol–water partition coefficient (Wildman–Crippen LogP) is 3.21. The number of fused-ring (bicyclic) bond motifs is 1. The molecule has 2 aromatic rings. The average Bonchev–Trinajstić information content (AvgIpc) is 2.43. The quantitative estimate of drug-likeness (QED) is 0.732. The van der Waals surface area contributed by atoms with Crippen LogP contribution in [0.5, 0.6) is 5.75 Å². The van der Waals surface area contributed by atoms with Gasteiger partial charge in [-0.3, -0.25) is 4.98 Å². The fourth-order valence-corrected chi connectivity index (χ4v) is 1.88. The normalized spacial score (nSPS) is 10.8. The zero-order valence-corrected chi connectivity index (χ0v) is 11.0. The van der Waals surface area contributed by atoms with Crippen LogP contribution in [0.4, 0.5) is 0 Å². The molecular formula is C15H19NO2. The summed E-state index contributed by atoms with van der Waals surface area (Å²) in [6, 6.07) is 10.1. The van der Waals surface area contributed by atoms with Crippen LogP contribution in [0.2, 0.25) is 0 Å². The van der Waals surface area contributed by atoms with Gasteiger partial charge in [0.25, 0.3) is 0 Å². The molecule has 0 saturated carbocycles. The van der Waals surface area contributed by atoms with Crippen LogP contribution in [0.1, 0.15) is 19.0 Å². The highest BCUT2D eigenvalue weighted by atomic mass is 16.5. The van der Waals surface area contributed by atoms with E-state index in [1.54, 1.807) is 7.11 Å². The lowest BCUT2D eigenvalue weighted by atomic mass is 10.1. The van der Waals surface area contributed by atoms with Gasteiger partial charge in [-0.2, -0.15) is 0 Å². The highest BCUT2D eigenvalue weighted by molar-refractivity contribution is 5.85. The largest absolute Gasteiger partial charge is 0.493 e. The predicted molar refractivity (Wildman–Crippen MR) is 73.1 cm³/mol. The van der Waals surface area contributed by atoms with Gasteiger partial charge in [-0.05, 0) is 18.6 Å². The number of methoxy groups -OCH3 is 1. The molecule has 3 heteroatoms. The number of para-hydroxylation sites is 1. The first kappa shape index (κ1) is 12.8. The number of hydrogen-bond donors (Lipinski definition) is 0. The van der Waals surface area contributed by atoms with E-state index in [0.29, 0.717) is 6.61 Å². The molecule has 0 bridgehead atoms. The molecule has 18 heavy (non-hydrogen) atoms. The lowest BCUT2D eigenvalue weighted by Gasteiger charge is -2.10. The monoisotopic (exact) mass is 245 g/mol. The van der Waals surface area contributed by atoms with Crippen molar-refractivity contribution in [2.45, 2.75) is 19.8 Å². The van der Waals surface area contributed by atoms with Gasteiger partial charge in [0.1, 0.15) is 5.75 Å². The van der Waals surface area contributed by atoms with Crippen LogP contribution in [-0.4, -0.2) is 25.3 Å². The lowest BCUT2D eigenvalue weighted by Crippen LogP contribution is -2.02. The molecule has 0 radical (unpaired) electrons. The first-order chi connectivity index (χ1) is 8.85. The number of pyridine rings is 1. The zero-order chi connectivity index (χ0) is 12.8. The zero-order valence-electron chi connectivity index (χ0n) is 11.0. The van der Waals surface area contributed by atoms with Crippen molar-refractivity contribution in [3.05, 3.63) is 36.0 Å². The van der Waals surface area contributed by atoms with Crippen LogP contribution in [0.25, 0.3) is 10.9 Å². The molecule has 96 valence electrons. The smallest absolute Gasteiger partial charge is 0.130 e. The maximum Gasteiger partial charge on any atom is 0.130 e. The van der Waals surface area contributed by atoms with E-state index in [1.165, 1.54) is 0 Å². The Morgan fingerprint density at radius 1 is 1.17 bits per heavy atom. The number of benzene rings is 1. The molecule has 1 aromatic carbocycles. The third kappa shape index (κ3) is 2.99. The minimum atomic E-state index is 0.672. The van der Waals surface area contributed by atoms with Crippen molar-refractivity contribution in [1.29, 1.82) is 0 Å². The molecular weight excluding hydrogens is 226 g/mol. The second-order valence-corrected chi connectivity index (χ2v) is 4.18. The Labute approximate surface area is 108 Å². The summed E-state index contributed by atoms with van der Waals surface area (Å²) in [7, 11) is 1.71. The van der Waals surface area contributed by atoms with Crippen molar-refractivity contribution >= 4 is 10.9 Å². The van der Waals surface area contributed by atoms with Gasteiger partial charge in [0.05, 0.1) is 12.1 Å². The fourth-order valence-electron chi connectivity index (χ4n) is 1.88. The maximum atomic E-state index is 5.84.